The van der Waals surface area contributed by atoms with Crippen molar-refractivity contribution >= 4 is 12.0 Å². The molecule has 9 heavy (non-hydrogen) atoms. The Labute approximate surface area is 57.4 Å². The molecule has 1 aromatic carbocycles. The van der Waals surface area contributed by atoms with Gasteiger partial charge in [-0.2, -0.15) is 0 Å². The summed E-state index contributed by atoms with van der Waals surface area (Å²) in [5, 5.41) is 8.93. The van der Waals surface area contributed by atoms with Crippen molar-refractivity contribution in [3.63, 3.8) is 0 Å². The third-order valence-electron chi connectivity index (χ3n) is 0.964. The monoisotopic (exact) mass is 142 g/mol. The number of hydrogen-bond acceptors (Lipinski definition) is 3. The Morgan fingerprint density at radius 1 is 1.22 bits per heavy atom. The van der Waals surface area contributed by atoms with Gasteiger partial charge in [-0.05, 0) is 12.1 Å². The molecule has 0 spiro atoms. The number of phenolic OH excluding ortho intramolecular Hbond substituents is 1. The van der Waals surface area contributed by atoms with Crippen LogP contribution < -0.4 is 0 Å². The van der Waals surface area contributed by atoms with Gasteiger partial charge >= 0.3 is 0 Å². The molecule has 0 heterocycles. The summed E-state index contributed by atoms with van der Waals surface area (Å²) in [5.74, 6) is 0.116. The molecule has 0 aliphatic heterocycles. The van der Waals surface area contributed by atoms with Crippen LogP contribution in [-0.4, -0.2) is 9.66 Å². The molecule has 0 amide bonds. The fourth-order valence-corrected chi connectivity index (χ4v) is 0.835. The summed E-state index contributed by atoms with van der Waals surface area (Å²) in [6.07, 6.45) is 0. The number of rotatable bonds is 1. The van der Waals surface area contributed by atoms with Crippen molar-refractivity contribution in [1.29, 1.82) is 0 Å². The van der Waals surface area contributed by atoms with Crippen LogP contribution in [0.25, 0.3) is 0 Å². The highest BCUT2D eigenvalue weighted by Crippen LogP contribution is 2.24. The maximum absolute atomic E-state index is 8.93. The van der Waals surface area contributed by atoms with Gasteiger partial charge in [0.15, 0.2) is 0 Å². The molecule has 1 rings (SSSR count). The second kappa shape index (κ2) is 2.75. The molecule has 0 unspecified atom stereocenters. The maximum Gasteiger partial charge on any atom is 0.131 e. The van der Waals surface area contributed by atoms with E-state index in [2.05, 4.69) is 0 Å². The van der Waals surface area contributed by atoms with Crippen LogP contribution in [0.15, 0.2) is 29.2 Å². The van der Waals surface area contributed by atoms with E-state index in [0.29, 0.717) is 16.9 Å². The lowest BCUT2D eigenvalue weighted by Crippen LogP contribution is -1.68. The molecule has 2 N–H and O–H groups in total. The predicted molar refractivity (Wildman–Crippen MR) is 36.6 cm³/mol. The quantitative estimate of drug-likeness (QED) is 0.589. The molecule has 1 aromatic rings. The van der Waals surface area contributed by atoms with Crippen molar-refractivity contribution in [1.82, 2.24) is 0 Å². The smallest absolute Gasteiger partial charge is 0.131 e. The van der Waals surface area contributed by atoms with Crippen molar-refractivity contribution in [2.75, 3.05) is 0 Å². The zero-order chi connectivity index (χ0) is 6.69. The maximum atomic E-state index is 8.93. The second-order valence-electron chi connectivity index (χ2n) is 1.56. The van der Waals surface area contributed by atoms with Crippen LogP contribution in [0, 0.1) is 0 Å². The third-order valence-corrected chi connectivity index (χ3v) is 1.51. The van der Waals surface area contributed by atoms with Gasteiger partial charge in [0.2, 0.25) is 0 Å². The van der Waals surface area contributed by atoms with Gasteiger partial charge in [-0.25, -0.2) is 0 Å². The van der Waals surface area contributed by atoms with Crippen LogP contribution in [0.3, 0.4) is 0 Å². The van der Waals surface area contributed by atoms with Gasteiger partial charge in [0.25, 0.3) is 0 Å². The van der Waals surface area contributed by atoms with Gasteiger partial charge in [0.05, 0.1) is 4.90 Å². The summed E-state index contributed by atoms with van der Waals surface area (Å²) in [6.45, 7) is 0. The first kappa shape index (κ1) is 6.45. The number of phenols is 1. The van der Waals surface area contributed by atoms with Crippen molar-refractivity contribution < 1.29 is 9.66 Å². The molecule has 0 aliphatic carbocycles. The number of para-hydroxylation sites is 1. The molecule has 0 fully saturated rings. The summed E-state index contributed by atoms with van der Waals surface area (Å²) in [6, 6.07) is 6.62. The van der Waals surface area contributed by atoms with Crippen LogP contribution in [-0.2, 0) is 0 Å². The largest absolute Gasteiger partial charge is 0.507 e. The highest BCUT2D eigenvalue weighted by Gasteiger charge is 1.95. The molecular formula is C6H6O2S. The number of aromatic hydroxyl groups is 1. The van der Waals surface area contributed by atoms with Crippen molar-refractivity contribution in [2.24, 2.45) is 0 Å². The predicted octanol–water partition coefficient (Wildman–Crippen LogP) is 1.96. The molecule has 0 radical (unpaired) electrons. The SMILES string of the molecule is OSc1ccccc1O. The van der Waals surface area contributed by atoms with Crippen LogP contribution in [0.1, 0.15) is 0 Å². The Balaban J connectivity index is 3.01. The second-order valence-corrected chi connectivity index (χ2v) is 2.18. The van der Waals surface area contributed by atoms with E-state index in [9.17, 15) is 0 Å². The Morgan fingerprint density at radius 2 is 1.89 bits per heavy atom. The minimum Gasteiger partial charge on any atom is -0.507 e. The van der Waals surface area contributed by atoms with E-state index in [1.54, 1.807) is 18.2 Å². The molecular weight excluding hydrogens is 136 g/mol. The first-order valence-electron chi connectivity index (χ1n) is 2.44. The molecule has 48 valence electrons. The lowest BCUT2D eigenvalue weighted by atomic mass is 10.3. The summed E-state index contributed by atoms with van der Waals surface area (Å²) in [7, 11) is 0. The van der Waals surface area contributed by atoms with Crippen molar-refractivity contribution in [3.05, 3.63) is 24.3 Å². The van der Waals surface area contributed by atoms with E-state index in [1.165, 1.54) is 6.07 Å². The Morgan fingerprint density at radius 3 is 2.33 bits per heavy atom. The molecule has 0 saturated carbocycles. The van der Waals surface area contributed by atoms with Crippen LogP contribution in [0.4, 0.5) is 0 Å². The average molecular weight is 142 g/mol. The van der Waals surface area contributed by atoms with Crippen LogP contribution >= 0.6 is 12.0 Å². The molecule has 0 saturated heterocycles. The Kier molecular flexibility index (Phi) is 1.97. The minimum atomic E-state index is 0.116. The first-order chi connectivity index (χ1) is 4.34. The molecule has 3 heteroatoms. The van der Waals surface area contributed by atoms with Gasteiger partial charge < -0.3 is 9.66 Å². The Bertz CT molecular complexity index is 200. The summed E-state index contributed by atoms with van der Waals surface area (Å²) in [5.41, 5.74) is 0. The van der Waals surface area contributed by atoms with E-state index in [0.717, 1.165) is 0 Å². The standard InChI is InChI=1S/C6H6O2S/c7-5-3-1-2-4-6(5)9-8/h1-4,7-8H. The van der Waals surface area contributed by atoms with Crippen LogP contribution in [0.5, 0.6) is 5.75 Å². The minimum absolute atomic E-state index is 0.116. The molecule has 0 atom stereocenters. The van der Waals surface area contributed by atoms with Crippen molar-refractivity contribution in [3.8, 4) is 5.75 Å². The number of hydrogen-bond donors (Lipinski definition) is 2. The van der Waals surface area contributed by atoms with Gasteiger partial charge in [-0.15, -0.1) is 0 Å². The van der Waals surface area contributed by atoms with E-state index in [1.807, 2.05) is 0 Å². The van der Waals surface area contributed by atoms with Gasteiger partial charge in [0.1, 0.15) is 5.75 Å². The van der Waals surface area contributed by atoms with E-state index >= 15 is 0 Å². The third kappa shape index (κ3) is 1.37. The van der Waals surface area contributed by atoms with E-state index in [-0.39, 0.29) is 5.75 Å². The fraction of sp³-hybridized carbons (Fsp3) is 0. The number of benzene rings is 1. The molecule has 0 aromatic heterocycles. The zero-order valence-corrected chi connectivity index (χ0v) is 5.43. The normalized spacial score (nSPS) is 9.44. The van der Waals surface area contributed by atoms with E-state index in [4.69, 9.17) is 9.66 Å². The fourth-order valence-electron chi connectivity index (χ4n) is 0.534. The average Bonchev–Trinajstić information content (AvgIpc) is 1.89. The molecule has 0 bridgehead atoms. The Hall–Kier alpha value is -0.670. The first-order valence-corrected chi connectivity index (χ1v) is 3.21. The van der Waals surface area contributed by atoms with Gasteiger partial charge in [0, 0.05) is 12.0 Å². The van der Waals surface area contributed by atoms with Crippen LogP contribution in [0.2, 0.25) is 0 Å². The van der Waals surface area contributed by atoms with Gasteiger partial charge in [-0.1, -0.05) is 12.1 Å². The zero-order valence-electron chi connectivity index (χ0n) is 4.61. The van der Waals surface area contributed by atoms with Gasteiger partial charge in [-0.3, -0.25) is 0 Å². The molecule has 0 aliphatic rings. The highest BCUT2D eigenvalue weighted by molar-refractivity contribution is 7.93. The lowest BCUT2D eigenvalue weighted by molar-refractivity contribution is 0.461. The summed E-state index contributed by atoms with van der Waals surface area (Å²) >= 11 is 0.545. The van der Waals surface area contributed by atoms with E-state index < -0.39 is 0 Å². The summed E-state index contributed by atoms with van der Waals surface area (Å²) in [4.78, 5) is 0.484. The topological polar surface area (TPSA) is 40.5 Å². The molecule has 2 nitrogen and oxygen atoms in total. The van der Waals surface area contributed by atoms with Crippen molar-refractivity contribution in [2.45, 2.75) is 4.90 Å². The highest BCUT2D eigenvalue weighted by atomic mass is 32.2. The summed E-state index contributed by atoms with van der Waals surface area (Å²) < 4.78 is 8.48. The lowest BCUT2D eigenvalue weighted by Gasteiger charge is -1.94.